The number of aryl methyl sites for hydroxylation is 1. The molecule has 7 nitrogen and oxygen atoms in total. The van der Waals surface area contributed by atoms with Gasteiger partial charge in [0.15, 0.2) is 5.82 Å². The monoisotopic (exact) mass is 352 g/mol. The van der Waals surface area contributed by atoms with E-state index in [1.54, 1.807) is 0 Å². The standard InChI is InChI=1S/C17H16N6OS/c1-23-13-5-3-2-4-12(13)19-16(23)11(8-18)14(24)9-25-17-20-15(21-22-17)10-6-7-10/h2-5,10,24H,6-7,9H2,1H3,(H,20,21,22). The second kappa shape index (κ2) is 6.26. The predicted octanol–water partition coefficient (Wildman–Crippen LogP) is 3.15. The third-order valence-electron chi connectivity index (χ3n) is 4.20. The molecule has 0 saturated heterocycles. The molecule has 3 aromatic rings. The van der Waals surface area contributed by atoms with Gasteiger partial charge in [0.1, 0.15) is 23.2 Å². The molecule has 1 saturated carbocycles. The van der Waals surface area contributed by atoms with E-state index in [0.717, 1.165) is 29.7 Å². The number of para-hydroxylation sites is 2. The molecule has 4 rings (SSSR count). The van der Waals surface area contributed by atoms with Crippen LogP contribution in [0.3, 0.4) is 0 Å². The Morgan fingerprint density at radius 1 is 1.40 bits per heavy atom. The smallest absolute Gasteiger partial charge is 0.208 e. The number of hydrogen-bond donors (Lipinski definition) is 2. The van der Waals surface area contributed by atoms with Gasteiger partial charge in [-0.15, -0.1) is 5.10 Å². The van der Waals surface area contributed by atoms with Crippen LogP contribution in [0.1, 0.15) is 30.4 Å². The molecule has 8 heteroatoms. The minimum Gasteiger partial charge on any atom is -0.510 e. The lowest BCUT2D eigenvalue weighted by Crippen LogP contribution is -2.01. The number of aliphatic hydroxyl groups excluding tert-OH is 1. The third-order valence-corrected chi connectivity index (χ3v) is 5.05. The summed E-state index contributed by atoms with van der Waals surface area (Å²) in [5.74, 6) is 2.05. The summed E-state index contributed by atoms with van der Waals surface area (Å²) in [5, 5.41) is 27.6. The summed E-state index contributed by atoms with van der Waals surface area (Å²) in [7, 11) is 1.83. The van der Waals surface area contributed by atoms with Crippen molar-refractivity contribution in [3.8, 4) is 6.07 Å². The van der Waals surface area contributed by atoms with Gasteiger partial charge in [-0.1, -0.05) is 23.9 Å². The normalized spacial score (nSPS) is 15.2. The second-order valence-electron chi connectivity index (χ2n) is 5.98. The quantitative estimate of drug-likeness (QED) is 0.415. The van der Waals surface area contributed by atoms with E-state index < -0.39 is 0 Å². The summed E-state index contributed by atoms with van der Waals surface area (Å²) in [4.78, 5) is 8.88. The van der Waals surface area contributed by atoms with Crippen LogP contribution in [0.4, 0.5) is 0 Å². The SMILES string of the molecule is Cn1c(C(C#N)=C(O)CSc2n[nH]c(C3CC3)n2)nc2ccccc21. The minimum absolute atomic E-state index is 0.0244. The number of aromatic amines is 1. The van der Waals surface area contributed by atoms with Crippen LogP contribution in [0, 0.1) is 11.3 Å². The first-order valence-corrected chi connectivity index (χ1v) is 8.95. The summed E-state index contributed by atoms with van der Waals surface area (Å²) in [5.41, 5.74) is 1.87. The van der Waals surface area contributed by atoms with Gasteiger partial charge < -0.3 is 9.67 Å². The van der Waals surface area contributed by atoms with Gasteiger partial charge in [-0.25, -0.2) is 9.97 Å². The van der Waals surface area contributed by atoms with Gasteiger partial charge in [-0.2, -0.15) is 5.26 Å². The van der Waals surface area contributed by atoms with E-state index >= 15 is 0 Å². The van der Waals surface area contributed by atoms with Crippen molar-refractivity contribution in [3.63, 3.8) is 0 Å². The summed E-state index contributed by atoms with van der Waals surface area (Å²) in [6.45, 7) is 0. The Balaban J connectivity index is 1.58. The molecule has 25 heavy (non-hydrogen) atoms. The predicted molar refractivity (Wildman–Crippen MR) is 95.0 cm³/mol. The molecule has 1 aromatic carbocycles. The van der Waals surface area contributed by atoms with Crippen LogP contribution in [-0.4, -0.2) is 35.6 Å². The molecule has 0 aliphatic heterocycles. The lowest BCUT2D eigenvalue weighted by atomic mass is 10.2. The van der Waals surface area contributed by atoms with Crippen LogP contribution < -0.4 is 0 Å². The number of nitrogens with one attached hydrogen (secondary N) is 1. The molecule has 2 aromatic heterocycles. The Bertz CT molecular complexity index is 1010. The largest absolute Gasteiger partial charge is 0.510 e. The number of hydrogen-bond acceptors (Lipinski definition) is 6. The summed E-state index contributed by atoms with van der Waals surface area (Å²) in [6, 6.07) is 9.70. The highest BCUT2D eigenvalue weighted by atomic mass is 32.2. The van der Waals surface area contributed by atoms with E-state index in [0.29, 0.717) is 16.9 Å². The van der Waals surface area contributed by atoms with E-state index in [1.165, 1.54) is 11.8 Å². The molecule has 0 unspecified atom stereocenters. The molecule has 1 aliphatic carbocycles. The molecule has 0 amide bonds. The van der Waals surface area contributed by atoms with E-state index in [4.69, 9.17) is 0 Å². The molecular weight excluding hydrogens is 336 g/mol. The van der Waals surface area contributed by atoms with Crippen LogP contribution in [-0.2, 0) is 7.05 Å². The summed E-state index contributed by atoms with van der Waals surface area (Å²) in [6.07, 6.45) is 2.30. The molecule has 0 atom stereocenters. The number of fused-ring (bicyclic) bond motifs is 1. The number of nitriles is 1. The number of allylic oxidation sites excluding steroid dienone is 1. The molecule has 0 spiro atoms. The van der Waals surface area contributed by atoms with Gasteiger partial charge in [0, 0.05) is 13.0 Å². The van der Waals surface area contributed by atoms with Crippen LogP contribution in [0.25, 0.3) is 16.6 Å². The number of H-pyrrole nitrogens is 1. The molecule has 2 heterocycles. The van der Waals surface area contributed by atoms with Crippen molar-refractivity contribution < 1.29 is 5.11 Å². The first kappa shape index (κ1) is 15.7. The molecule has 126 valence electrons. The van der Waals surface area contributed by atoms with Gasteiger partial charge in [-0.3, -0.25) is 5.10 Å². The maximum Gasteiger partial charge on any atom is 0.208 e. The highest BCUT2D eigenvalue weighted by Crippen LogP contribution is 2.38. The maximum absolute atomic E-state index is 10.4. The number of rotatable bonds is 5. The van der Waals surface area contributed by atoms with Crippen molar-refractivity contribution in [1.29, 1.82) is 5.26 Å². The van der Waals surface area contributed by atoms with Crippen LogP contribution in [0.15, 0.2) is 35.2 Å². The van der Waals surface area contributed by atoms with Gasteiger partial charge in [0.2, 0.25) is 5.16 Å². The van der Waals surface area contributed by atoms with Crippen molar-refractivity contribution >= 4 is 28.4 Å². The third kappa shape index (κ3) is 2.98. The lowest BCUT2D eigenvalue weighted by molar-refractivity contribution is 0.420. The molecule has 0 bridgehead atoms. The zero-order valence-electron chi connectivity index (χ0n) is 13.6. The molecular formula is C17H16N6OS. The van der Waals surface area contributed by atoms with Crippen LogP contribution in [0.5, 0.6) is 0 Å². The van der Waals surface area contributed by atoms with Crippen molar-refractivity contribution in [3.05, 3.63) is 41.7 Å². The zero-order chi connectivity index (χ0) is 17.4. The molecule has 1 aliphatic rings. The zero-order valence-corrected chi connectivity index (χ0v) is 14.4. The van der Waals surface area contributed by atoms with E-state index in [1.807, 2.05) is 35.9 Å². The summed E-state index contributed by atoms with van der Waals surface area (Å²) >= 11 is 1.30. The highest BCUT2D eigenvalue weighted by Gasteiger charge is 2.27. The molecule has 2 N–H and O–H groups in total. The number of aliphatic hydroxyl groups is 1. The van der Waals surface area contributed by atoms with Crippen molar-refractivity contribution in [2.45, 2.75) is 23.9 Å². The molecule has 1 fully saturated rings. The maximum atomic E-state index is 10.4. The van der Waals surface area contributed by atoms with Crippen molar-refractivity contribution in [2.75, 3.05) is 5.75 Å². The number of nitrogens with zero attached hydrogens (tertiary/aromatic N) is 5. The van der Waals surface area contributed by atoms with Gasteiger partial charge in [-0.05, 0) is 25.0 Å². The second-order valence-corrected chi connectivity index (χ2v) is 6.93. The summed E-state index contributed by atoms with van der Waals surface area (Å²) < 4.78 is 1.81. The number of aromatic nitrogens is 5. The Morgan fingerprint density at radius 2 is 2.20 bits per heavy atom. The van der Waals surface area contributed by atoms with Gasteiger partial charge in [0.25, 0.3) is 0 Å². The Hall–Kier alpha value is -2.79. The highest BCUT2D eigenvalue weighted by molar-refractivity contribution is 7.99. The Kier molecular flexibility index (Phi) is 3.93. The topological polar surface area (TPSA) is 103 Å². The average Bonchev–Trinajstić information content (AvgIpc) is 3.28. The van der Waals surface area contributed by atoms with E-state index in [9.17, 15) is 10.4 Å². The van der Waals surface area contributed by atoms with Gasteiger partial charge >= 0.3 is 0 Å². The van der Waals surface area contributed by atoms with Crippen molar-refractivity contribution in [1.82, 2.24) is 24.7 Å². The Morgan fingerprint density at radius 3 is 2.92 bits per heavy atom. The minimum atomic E-state index is -0.0244. The number of thioether (sulfide) groups is 1. The number of benzene rings is 1. The fourth-order valence-corrected chi connectivity index (χ4v) is 3.36. The van der Waals surface area contributed by atoms with Crippen LogP contribution in [0.2, 0.25) is 0 Å². The average molecular weight is 352 g/mol. The van der Waals surface area contributed by atoms with Crippen LogP contribution >= 0.6 is 11.8 Å². The lowest BCUT2D eigenvalue weighted by Gasteiger charge is -2.04. The fraction of sp³-hybridized carbons (Fsp3) is 0.294. The Labute approximate surface area is 148 Å². The fourth-order valence-electron chi connectivity index (χ4n) is 2.68. The van der Waals surface area contributed by atoms with Gasteiger partial charge in [0.05, 0.1) is 16.8 Å². The first-order valence-electron chi connectivity index (χ1n) is 7.96. The van der Waals surface area contributed by atoms with E-state index in [2.05, 4.69) is 26.2 Å². The number of imidazole rings is 1. The molecule has 0 radical (unpaired) electrons. The van der Waals surface area contributed by atoms with Crippen molar-refractivity contribution in [2.24, 2.45) is 7.05 Å². The first-order chi connectivity index (χ1) is 12.2. The van der Waals surface area contributed by atoms with E-state index in [-0.39, 0.29) is 17.1 Å².